The van der Waals surface area contributed by atoms with Gasteiger partial charge in [0.1, 0.15) is 0 Å². The number of hydrogen-bond donors (Lipinski definition) is 0. The van der Waals surface area contributed by atoms with E-state index < -0.39 is 11.9 Å². The van der Waals surface area contributed by atoms with Crippen molar-refractivity contribution >= 4 is 11.9 Å². The molecule has 0 N–H and O–H groups in total. The minimum atomic E-state index is -0.466. The van der Waals surface area contributed by atoms with Gasteiger partial charge in [-0.25, -0.2) is 9.59 Å². The minimum absolute atomic E-state index is 0.349. The van der Waals surface area contributed by atoms with E-state index >= 15 is 0 Å². The second-order valence-electron chi connectivity index (χ2n) is 10.3. The fraction of sp³-hybridized carbons (Fsp3) is 0.867. The molecule has 34 heavy (non-hydrogen) atoms. The highest BCUT2D eigenvalue weighted by molar-refractivity contribution is 5.91. The maximum atomic E-state index is 11.9. The van der Waals surface area contributed by atoms with Crippen LogP contribution < -0.4 is 0 Å². The summed E-state index contributed by atoms with van der Waals surface area (Å²) < 4.78 is 10.6. The number of ether oxygens (including phenoxy) is 2. The summed E-state index contributed by atoms with van der Waals surface area (Å²) in [6.07, 6.45) is 25.4. The summed E-state index contributed by atoms with van der Waals surface area (Å²) in [4.78, 5) is 23.7. The highest BCUT2D eigenvalue weighted by Gasteiger charge is 2.08. The molecule has 0 bridgehead atoms. The van der Waals surface area contributed by atoms with Crippen LogP contribution in [0.4, 0.5) is 0 Å². The summed E-state index contributed by atoms with van der Waals surface area (Å²) in [5.74, 6) is -0.235. The second-order valence-corrected chi connectivity index (χ2v) is 10.3. The Morgan fingerprint density at radius 1 is 0.529 bits per heavy atom. The molecule has 0 aromatic carbocycles. The van der Waals surface area contributed by atoms with E-state index in [0.29, 0.717) is 25.0 Å². The van der Waals surface area contributed by atoms with Crippen molar-refractivity contribution in [3.8, 4) is 0 Å². The standard InChI is InChI=1S/C30H56O4/c1-5-7-9-11-13-15-17-19-21-27(3)25-33-29(31)23-24-30(32)34-26-28(4)22-20-18-16-14-12-10-8-6-2/h23-24,27-28H,5-22,25-26H2,1-4H3/b24-23-. The van der Waals surface area contributed by atoms with Gasteiger partial charge in [0.25, 0.3) is 0 Å². The lowest BCUT2D eigenvalue weighted by Gasteiger charge is -2.11. The molecule has 0 spiro atoms. The molecule has 0 heterocycles. The predicted octanol–water partition coefficient (Wildman–Crippen LogP) is 8.96. The van der Waals surface area contributed by atoms with Crippen molar-refractivity contribution < 1.29 is 19.1 Å². The molecule has 0 saturated carbocycles. The summed E-state index contributed by atoms with van der Waals surface area (Å²) >= 11 is 0. The Hall–Kier alpha value is -1.32. The lowest BCUT2D eigenvalue weighted by molar-refractivity contribution is -0.141. The van der Waals surface area contributed by atoms with Crippen molar-refractivity contribution in [3.63, 3.8) is 0 Å². The molecule has 200 valence electrons. The van der Waals surface area contributed by atoms with Crippen molar-refractivity contribution in [2.45, 2.75) is 143 Å². The van der Waals surface area contributed by atoms with E-state index in [2.05, 4.69) is 27.7 Å². The Labute approximate surface area is 211 Å². The molecule has 0 radical (unpaired) electrons. The van der Waals surface area contributed by atoms with E-state index in [1.165, 1.54) is 115 Å². The molecule has 2 unspecified atom stereocenters. The molecule has 0 rings (SSSR count). The molecule has 4 nitrogen and oxygen atoms in total. The van der Waals surface area contributed by atoms with Gasteiger partial charge in [-0.3, -0.25) is 0 Å². The number of carbonyl (C=O) groups excluding carboxylic acids is 2. The third kappa shape index (κ3) is 23.8. The quantitative estimate of drug-likeness (QED) is 0.0785. The minimum Gasteiger partial charge on any atom is -0.462 e. The summed E-state index contributed by atoms with van der Waals surface area (Å²) in [5.41, 5.74) is 0. The first-order valence-electron chi connectivity index (χ1n) is 14.5. The highest BCUT2D eigenvalue weighted by Crippen LogP contribution is 2.14. The maximum Gasteiger partial charge on any atom is 0.331 e. The lowest BCUT2D eigenvalue weighted by atomic mass is 10.0. The third-order valence-electron chi connectivity index (χ3n) is 6.48. The van der Waals surface area contributed by atoms with Crippen LogP contribution in [0.1, 0.15) is 143 Å². The average Bonchev–Trinajstić information content (AvgIpc) is 2.83. The average molecular weight is 481 g/mol. The fourth-order valence-corrected chi connectivity index (χ4v) is 4.10. The largest absolute Gasteiger partial charge is 0.462 e. The maximum absolute atomic E-state index is 11.9. The fourth-order valence-electron chi connectivity index (χ4n) is 4.10. The van der Waals surface area contributed by atoms with Gasteiger partial charge in [-0.05, 0) is 24.7 Å². The Morgan fingerprint density at radius 3 is 1.15 bits per heavy atom. The van der Waals surface area contributed by atoms with E-state index in [1.807, 2.05) is 0 Å². The van der Waals surface area contributed by atoms with Crippen molar-refractivity contribution in [3.05, 3.63) is 12.2 Å². The van der Waals surface area contributed by atoms with Gasteiger partial charge in [-0.1, -0.05) is 130 Å². The first-order chi connectivity index (χ1) is 16.5. The zero-order valence-electron chi connectivity index (χ0n) is 23.1. The number of rotatable bonds is 24. The molecule has 4 heteroatoms. The van der Waals surface area contributed by atoms with Gasteiger partial charge in [0.15, 0.2) is 0 Å². The molecule has 0 aromatic rings. The summed E-state index contributed by atoms with van der Waals surface area (Å²) in [7, 11) is 0. The Balaban J connectivity index is 3.67. The molecular weight excluding hydrogens is 424 g/mol. The lowest BCUT2D eigenvalue weighted by Crippen LogP contribution is -2.12. The molecule has 0 fully saturated rings. The Bertz CT molecular complexity index is 456. The van der Waals surface area contributed by atoms with E-state index in [0.717, 1.165) is 12.8 Å². The van der Waals surface area contributed by atoms with Gasteiger partial charge >= 0.3 is 11.9 Å². The first kappa shape index (κ1) is 32.7. The number of unbranched alkanes of at least 4 members (excludes halogenated alkanes) is 14. The molecule has 0 aliphatic rings. The van der Waals surface area contributed by atoms with Gasteiger partial charge < -0.3 is 9.47 Å². The van der Waals surface area contributed by atoms with Crippen molar-refractivity contribution in [1.29, 1.82) is 0 Å². The topological polar surface area (TPSA) is 52.6 Å². The van der Waals surface area contributed by atoms with Gasteiger partial charge in [0.2, 0.25) is 0 Å². The van der Waals surface area contributed by atoms with Crippen LogP contribution in [0.5, 0.6) is 0 Å². The first-order valence-corrected chi connectivity index (χ1v) is 14.5. The zero-order valence-corrected chi connectivity index (χ0v) is 23.1. The Morgan fingerprint density at radius 2 is 0.824 bits per heavy atom. The zero-order chi connectivity index (χ0) is 25.3. The summed E-state index contributed by atoms with van der Waals surface area (Å²) in [6.45, 7) is 9.53. The molecule has 2 atom stereocenters. The van der Waals surface area contributed by atoms with Crippen LogP contribution in [-0.4, -0.2) is 25.2 Å². The van der Waals surface area contributed by atoms with Crippen molar-refractivity contribution in [1.82, 2.24) is 0 Å². The highest BCUT2D eigenvalue weighted by atomic mass is 16.5. The molecule has 0 amide bonds. The van der Waals surface area contributed by atoms with Crippen LogP contribution in [-0.2, 0) is 19.1 Å². The number of carbonyl (C=O) groups is 2. The van der Waals surface area contributed by atoms with Crippen LogP contribution >= 0.6 is 0 Å². The van der Waals surface area contributed by atoms with Gasteiger partial charge in [-0.15, -0.1) is 0 Å². The van der Waals surface area contributed by atoms with E-state index in [1.54, 1.807) is 0 Å². The predicted molar refractivity (Wildman–Crippen MR) is 144 cm³/mol. The Kier molecular flexibility index (Phi) is 23.8. The normalized spacial score (nSPS) is 13.2. The van der Waals surface area contributed by atoms with Gasteiger partial charge in [-0.2, -0.15) is 0 Å². The van der Waals surface area contributed by atoms with Crippen LogP contribution in [0.2, 0.25) is 0 Å². The van der Waals surface area contributed by atoms with Gasteiger partial charge in [0, 0.05) is 12.2 Å². The van der Waals surface area contributed by atoms with E-state index in [4.69, 9.17) is 9.47 Å². The molecule has 0 aliphatic heterocycles. The van der Waals surface area contributed by atoms with Crippen LogP contribution in [0.25, 0.3) is 0 Å². The van der Waals surface area contributed by atoms with E-state index in [9.17, 15) is 9.59 Å². The van der Waals surface area contributed by atoms with E-state index in [-0.39, 0.29) is 0 Å². The molecule has 0 aliphatic carbocycles. The summed E-state index contributed by atoms with van der Waals surface area (Å²) in [5, 5.41) is 0. The number of esters is 2. The third-order valence-corrected chi connectivity index (χ3v) is 6.48. The van der Waals surface area contributed by atoms with Crippen molar-refractivity contribution in [2.75, 3.05) is 13.2 Å². The second kappa shape index (κ2) is 24.8. The van der Waals surface area contributed by atoms with Crippen molar-refractivity contribution in [2.24, 2.45) is 11.8 Å². The van der Waals surface area contributed by atoms with Crippen LogP contribution in [0.15, 0.2) is 12.2 Å². The summed E-state index contributed by atoms with van der Waals surface area (Å²) in [6, 6.07) is 0. The van der Waals surface area contributed by atoms with Gasteiger partial charge in [0.05, 0.1) is 13.2 Å². The van der Waals surface area contributed by atoms with Crippen LogP contribution in [0.3, 0.4) is 0 Å². The molecular formula is C30H56O4. The number of hydrogen-bond acceptors (Lipinski definition) is 4. The monoisotopic (exact) mass is 480 g/mol. The van der Waals surface area contributed by atoms with Crippen LogP contribution in [0, 0.1) is 11.8 Å². The smallest absolute Gasteiger partial charge is 0.331 e. The molecule has 0 aromatic heterocycles. The SMILES string of the molecule is CCCCCCCCCCC(C)COC(=O)/C=C\C(=O)OCC(C)CCCCCCCCCC. The molecule has 0 saturated heterocycles.